The zero-order valence-corrected chi connectivity index (χ0v) is 15.6. The zero-order valence-electron chi connectivity index (χ0n) is 14.8. The molecule has 1 aliphatic rings. The summed E-state index contributed by atoms with van der Waals surface area (Å²) in [5.74, 6) is 0.319. The molecular formula is C19H23NO3S. The van der Waals surface area contributed by atoms with Crippen LogP contribution in [0.2, 0.25) is 0 Å². The molecule has 0 spiro atoms. The molecule has 0 bridgehead atoms. The van der Waals surface area contributed by atoms with E-state index in [1.165, 1.54) is 12.0 Å². The number of aromatic nitrogens is 1. The lowest BCUT2D eigenvalue weighted by Crippen LogP contribution is -2.32. The highest BCUT2D eigenvalue weighted by atomic mass is 32.1. The Morgan fingerprint density at radius 1 is 1.08 bits per heavy atom. The van der Waals surface area contributed by atoms with Gasteiger partial charge in [0.15, 0.2) is 0 Å². The van der Waals surface area contributed by atoms with Crippen LogP contribution in [0.4, 0.5) is 0 Å². The minimum atomic E-state index is -0.352. The summed E-state index contributed by atoms with van der Waals surface area (Å²) in [6, 6.07) is 6.93. The van der Waals surface area contributed by atoms with Gasteiger partial charge in [-0.1, -0.05) is 39.0 Å². The fourth-order valence-electron chi connectivity index (χ4n) is 3.00. The average molecular weight is 345 g/mol. The SMILES string of the molecule is COC(=O)c1ccc(Oc2nc3c(s2)C(C)(C)CCC3(C)C)cc1. The maximum absolute atomic E-state index is 11.5. The standard InChI is InChI=1S/C19H23NO3S/c1-18(2)10-11-19(3,4)15-14(18)20-17(24-15)23-13-8-6-12(7-9-13)16(21)22-5/h6-9H,10-11H2,1-5H3. The van der Waals surface area contributed by atoms with Gasteiger partial charge in [-0.25, -0.2) is 9.78 Å². The van der Waals surface area contributed by atoms with Crippen molar-refractivity contribution >= 4 is 17.3 Å². The van der Waals surface area contributed by atoms with Crippen molar-refractivity contribution in [2.24, 2.45) is 0 Å². The van der Waals surface area contributed by atoms with Crippen molar-refractivity contribution in [3.8, 4) is 10.9 Å². The van der Waals surface area contributed by atoms with E-state index in [0.29, 0.717) is 16.5 Å². The second-order valence-electron chi connectivity index (χ2n) is 7.54. The summed E-state index contributed by atoms with van der Waals surface area (Å²) in [7, 11) is 1.37. The molecule has 0 fully saturated rings. The van der Waals surface area contributed by atoms with Crippen LogP contribution >= 0.6 is 11.3 Å². The Bertz CT molecular complexity index is 726. The van der Waals surface area contributed by atoms with Crippen molar-refractivity contribution in [2.75, 3.05) is 7.11 Å². The predicted molar refractivity (Wildman–Crippen MR) is 95.3 cm³/mol. The molecule has 128 valence electrons. The Kier molecular flexibility index (Phi) is 4.16. The number of esters is 1. The molecule has 0 N–H and O–H groups in total. The molecule has 0 saturated heterocycles. The monoisotopic (exact) mass is 345 g/mol. The van der Waals surface area contributed by atoms with Gasteiger partial charge in [-0.15, -0.1) is 0 Å². The lowest BCUT2D eigenvalue weighted by atomic mass is 9.69. The fourth-order valence-corrected chi connectivity index (χ4v) is 4.24. The van der Waals surface area contributed by atoms with E-state index in [-0.39, 0.29) is 16.8 Å². The van der Waals surface area contributed by atoms with Crippen LogP contribution in [0.3, 0.4) is 0 Å². The molecule has 0 saturated carbocycles. The Morgan fingerprint density at radius 2 is 1.71 bits per heavy atom. The van der Waals surface area contributed by atoms with Crippen molar-refractivity contribution in [1.82, 2.24) is 4.98 Å². The first-order chi connectivity index (χ1) is 11.2. The Labute approximate surface area is 146 Å². The number of ether oxygens (including phenoxy) is 2. The Balaban J connectivity index is 1.87. The number of carbonyl (C=O) groups excluding carboxylic acids is 1. The smallest absolute Gasteiger partial charge is 0.337 e. The van der Waals surface area contributed by atoms with Gasteiger partial charge in [0.05, 0.1) is 18.4 Å². The molecule has 4 nitrogen and oxygen atoms in total. The summed E-state index contributed by atoms with van der Waals surface area (Å²) in [5, 5.41) is 0.661. The van der Waals surface area contributed by atoms with Crippen molar-refractivity contribution in [2.45, 2.75) is 51.4 Å². The molecule has 5 heteroatoms. The summed E-state index contributed by atoms with van der Waals surface area (Å²) in [6.45, 7) is 9.04. The largest absolute Gasteiger partial charge is 0.465 e. The van der Waals surface area contributed by atoms with Gasteiger partial charge >= 0.3 is 5.97 Å². The summed E-state index contributed by atoms with van der Waals surface area (Å²) < 4.78 is 10.6. The molecule has 1 aromatic heterocycles. The van der Waals surface area contributed by atoms with Crippen molar-refractivity contribution in [3.63, 3.8) is 0 Å². The van der Waals surface area contributed by atoms with Crippen LogP contribution in [0.15, 0.2) is 24.3 Å². The molecule has 0 amide bonds. The maximum Gasteiger partial charge on any atom is 0.337 e. The van der Waals surface area contributed by atoms with E-state index in [1.807, 2.05) is 0 Å². The van der Waals surface area contributed by atoms with E-state index in [0.717, 1.165) is 18.5 Å². The molecular weight excluding hydrogens is 322 g/mol. The first kappa shape index (κ1) is 17.0. The van der Waals surface area contributed by atoms with Gasteiger partial charge in [-0.3, -0.25) is 0 Å². The number of hydrogen-bond donors (Lipinski definition) is 0. The first-order valence-electron chi connectivity index (χ1n) is 8.11. The normalized spacial score (nSPS) is 17.9. The molecule has 0 radical (unpaired) electrons. The van der Waals surface area contributed by atoms with Gasteiger partial charge in [0.1, 0.15) is 5.75 Å². The number of hydrogen-bond acceptors (Lipinski definition) is 5. The van der Waals surface area contributed by atoms with E-state index in [2.05, 4.69) is 27.7 Å². The van der Waals surface area contributed by atoms with Gasteiger partial charge in [0, 0.05) is 15.7 Å². The molecule has 0 atom stereocenters. The zero-order chi connectivity index (χ0) is 17.5. The molecule has 3 rings (SSSR count). The van der Waals surface area contributed by atoms with Gasteiger partial charge in [0.2, 0.25) is 0 Å². The van der Waals surface area contributed by atoms with Gasteiger partial charge in [-0.05, 0) is 37.1 Å². The lowest BCUT2D eigenvalue weighted by molar-refractivity contribution is 0.0600. The minimum absolute atomic E-state index is 0.0811. The van der Waals surface area contributed by atoms with Crippen LogP contribution < -0.4 is 4.74 Å². The Hall–Kier alpha value is -1.88. The van der Waals surface area contributed by atoms with Crippen LogP contribution in [-0.2, 0) is 15.6 Å². The average Bonchev–Trinajstić information content (AvgIpc) is 2.98. The molecule has 24 heavy (non-hydrogen) atoms. The van der Waals surface area contributed by atoms with Crippen LogP contribution in [0.1, 0.15) is 61.5 Å². The van der Waals surface area contributed by atoms with Crippen LogP contribution in [0, 0.1) is 0 Å². The summed E-state index contributed by atoms with van der Waals surface area (Å²) in [5.41, 5.74) is 1.88. The maximum atomic E-state index is 11.5. The quantitative estimate of drug-likeness (QED) is 0.729. The number of fused-ring (bicyclic) bond motifs is 1. The van der Waals surface area contributed by atoms with E-state index in [4.69, 9.17) is 14.5 Å². The molecule has 0 unspecified atom stereocenters. The van der Waals surface area contributed by atoms with Crippen molar-refractivity contribution in [1.29, 1.82) is 0 Å². The molecule has 1 heterocycles. The first-order valence-corrected chi connectivity index (χ1v) is 8.93. The van der Waals surface area contributed by atoms with E-state index < -0.39 is 0 Å². The minimum Gasteiger partial charge on any atom is -0.465 e. The number of benzene rings is 1. The molecule has 1 aromatic carbocycles. The van der Waals surface area contributed by atoms with E-state index in [1.54, 1.807) is 35.6 Å². The molecule has 2 aromatic rings. The van der Waals surface area contributed by atoms with Gasteiger partial charge in [-0.2, -0.15) is 0 Å². The second kappa shape index (κ2) is 5.88. The highest BCUT2D eigenvalue weighted by Crippen LogP contribution is 2.49. The third kappa shape index (κ3) is 3.05. The van der Waals surface area contributed by atoms with Gasteiger partial charge in [0.25, 0.3) is 5.19 Å². The van der Waals surface area contributed by atoms with E-state index in [9.17, 15) is 4.79 Å². The number of nitrogens with zero attached hydrogens (tertiary/aromatic N) is 1. The number of carbonyl (C=O) groups is 1. The highest BCUT2D eigenvalue weighted by Gasteiger charge is 2.40. The van der Waals surface area contributed by atoms with Gasteiger partial charge < -0.3 is 9.47 Å². The summed E-state index contributed by atoms with van der Waals surface area (Å²) in [4.78, 5) is 17.6. The predicted octanol–water partition coefficient (Wildman–Crippen LogP) is 5.07. The molecule has 1 aliphatic carbocycles. The molecule has 0 aliphatic heterocycles. The van der Waals surface area contributed by atoms with E-state index >= 15 is 0 Å². The lowest BCUT2D eigenvalue weighted by Gasteiger charge is -2.37. The third-order valence-electron chi connectivity index (χ3n) is 4.72. The topological polar surface area (TPSA) is 48.4 Å². The van der Waals surface area contributed by atoms with Crippen molar-refractivity contribution < 1.29 is 14.3 Å². The Morgan fingerprint density at radius 3 is 2.29 bits per heavy atom. The number of rotatable bonds is 3. The number of methoxy groups -OCH3 is 1. The van der Waals surface area contributed by atoms with Crippen LogP contribution in [0.25, 0.3) is 0 Å². The second-order valence-corrected chi connectivity index (χ2v) is 8.50. The summed E-state index contributed by atoms with van der Waals surface area (Å²) >= 11 is 1.63. The fraction of sp³-hybridized carbons (Fsp3) is 0.474. The van der Waals surface area contributed by atoms with Crippen LogP contribution in [0.5, 0.6) is 10.9 Å². The van der Waals surface area contributed by atoms with Crippen LogP contribution in [-0.4, -0.2) is 18.1 Å². The van der Waals surface area contributed by atoms with Crippen molar-refractivity contribution in [3.05, 3.63) is 40.4 Å². The highest BCUT2D eigenvalue weighted by molar-refractivity contribution is 7.13. The number of thiazole rings is 1. The third-order valence-corrected chi connectivity index (χ3v) is 6.02. The summed E-state index contributed by atoms with van der Waals surface area (Å²) in [6.07, 6.45) is 2.28.